The molecule has 0 aliphatic carbocycles. The second-order valence-corrected chi connectivity index (χ2v) is 5.29. The molecule has 1 unspecified atom stereocenters. The van der Waals surface area contributed by atoms with Gasteiger partial charge in [-0.25, -0.2) is 0 Å². The molecule has 1 heterocycles. The molecule has 1 fully saturated rings. The minimum Gasteiger partial charge on any atom is -0.314 e. The third kappa shape index (κ3) is 3.05. The maximum atomic E-state index is 3.59. The van der Waals surface area contributed by atoms with Gasteiger partial charge in [0.1, 0.15) is 0 Å². The van der Waals surface area contributed by atoms with Crippen molar-refractivity contribution in [2.24, 2.45) is 0 Å². The summed E-state index contributed by atoms with van der Waals surface area (Å²) in [6.45, 7) is 3.35. The summed E-state index contributed by atoms with van der Waals surface area (Å²) < 4.78 is 1.21. The molecule has 0 saturated carbocycles. The number of rotatable bonds is 2. The topological polar surface area (TPSA) is 12.0 Å². The molecular formula is C13H18BrN. The third-order valence-corrected chi connectivity index (χ3v) is 4.01. The van der Waals surface area contributed by atoms with Crippen LogP contribution >= 0.6 is 15.9 Å². The first-order valence-electron chi connectivity index (χ1n) is 5.74. The van der Waals surface area contributed by atoms with Gasteiger partial charge in [0.25, 0.3) is 0 Å². The fraction of sp³-hybridized carbons (Fsp3) is 0.538. The average Bonchev–Trinajstić information content (AvgIpc) is 2.25. The Morgan fingerprint density at radius 1 is 1.40 bits per heavy atom. The zero-order chi connectivity index (χ0) is 10.7. The molecule has 1 aromatic carbocycles. The van der Waals surface area contributed by atoms with Crippen molar-refractivity contribution in [2.45, 2.75) is 38.6 Å². The Bertz CT molecular complexity index is 329. The highest BCUT2D eigenvalue weighted by molar-refractivity contribution is 9.10. The maximum Gasteiger partial charge on any atom is 0.0204 e. The second kappa shape index (κ2) is 5.13. The van der Waals surface area contributed by atoms with Gasteiger partial charge in [0, 0.05) is 10.5 Å². The zero-order valence-corrected chi connectivity index (χ0v) is 10.8. The van der Waals surface area contributed by atoms with Crippen molar-refractivity contribution in [1.29, 1.82) is 0 Å². The summed E-state index contributed by atoms with van der Waals surface area (Å²) in [5.74, 6) is 0. The van der Waals surface area contributed by atoms with Crippen molar-refractivity contribution in [3.63, 3.8) is 0 Å². The van der Waals surface area contributed by atoms with E-state index in [9.17, 15) is 0 Å². The van der Waals surface area contributed by atoms with E-state index in [2.05, 4.69) is 46.4 Å². The van der Waals surface area contributed by atoms with E-state index in [1.54, 1.807) is 0 Å². The molecule has 1 N–H and O–H groups in total. The maximum absolute atomic E-state index is 3.59. The predicted molar refractivity (Wildman–Crippen MR) is 68.2 cm³/mol. The molecule has 1 aliphatic rings. The third-order valence-electron chi connectivity index (χ3n) is 3.12. The van der Waals surface area contributed by atoms with Gasteiger partial charge >= 0.3 is 0 Å². The Morgan fingerprint density at radius 2 is 2.27 bits per heavy atom. The lowest BCUT2D eigenvalue weighted by atomic mass is 9.97. The zero-order valence-electron chi connectivity index (χ0n) is 9.22. The first kappa shape index (κ1) is 11.2. The van der Waals surface area contributed by atoms with Crippen LogP contribution < -0.4 is 5.32 Å². The normalized spacial score (nSPS) is 21.6. The highest BCUT2D eigenvalue weighted by Gasteiger charge is 2.12. The van der Waals surface area contributed by atoms with Gasteiger partial charge in [-0.1, -0.05) is 34.5 Å². The van der Waals surface area contributed by atoms with Crippen LogP contribution in [0.2, 0.25) is 0 Å². The number of hydrogen-bond acceptors (Lipinski definition) is 1. The quantitative estimate of drug-likeness (QED) is 0.866. The number of benzene rings is 1. The summed E-state index contributed by atoms with van der Waals surface area (Å²) in [5, 5.41) is 3.59. The Hall–Kier alpha value is -0.340. The highest BCUT2D eigenvalue weighted by Crippen LogP contribution is 2.19. The first-order valence-corrected chi connectivity index (χ1v) is 6.53. The van der Waals surface area contributed by atoms with E-state index in [-0.39, 0.29) is 0 Å². The Labute approximate surface area is 100 Å². The standard InChI is InChI=1S/C13H18BrN/c1-10-8-11(5-6-13(10)14)9-12-4-2-3-7-15-12/h5-6,8,12,15H,2-4,7,9H2,1H3. The van der Waals surface area contributed by atoms with Crippen molar-refractivity contribution in [1.82, 2.24) is 5.32 Å². The van der Waals surface area contributed by atoms with E-state index in [4.69, 9.17) is 0 Å². The molecule has 0 aromatic heterocycles. The van der Waals surface area contributed by atoms with Crippen LogP contribution in [0.4, 0.5) is 0 Å². The molecule has 0 amide bonds. The molecule has 0 spiro atoms. The number of piperidine rings is 1. The Balaban J connectivity index is 2.00. The van der Waals surface area contributed by atoms with Crippen LogP contribution in [-0.4, -0.2) is 12.6 Å². The Morgan fingerprint density at radius 3 is 2.93 bits per heavy atom. The van der Waals surface area contributed by atoms with Gasteiger partial charge in [-0.3, -0.25) is 0 Å². The molecule has 1 aromatic rings. The van der Waals surface area contributed by atoms with Gasteiger partial charge in [-0.15, -0.1) is 0 Å². The molecule has 1 atom stereocenters. The van der Waals surface area contributed by atoms with Crippen LogP contribution in [0.1, 0.15) is 30.4 Å². The van der Waals surface area contributed by atoms with Crippen molar-refractivity contribution in [3.8, 4) is 0 Å². The second-order valence-electron chi connectivity index (χ2n) is 4.43. The summed E-state index contributed by atoms with van der Waals surface area (Å²) in [6, 6.07) is 7.38. The first-order chi connectivity index (χ1) is 7.25. The molecular weight excluding hydrogens is 250 g/mol. The van der Waals surface area contributed by atoms with Crippen molar-refractivity contribution in [2.75, 3.05) is 6.54 Å². The van der Waals surface area contributed by atoms with Gasteiger partial charge in [0.2, 0.25) is 0 Å². The molecule has 1 saturated heterocycles. The number of halogens is 1. The van der Waals surface area contributed by atoms with E-state index < -0.39 is 0 Å². The minimum atomic E-state index is 0.694. The van der Waals surface area contributed by atoms with E-state index in [1.807, 2.05) is 0 Å². The van der Waals surface area contributed by atoms with Gasteiger partial charge < -0.3 is 5.32 Å². The minimum absolute atomic E-state index is 0.694. The van der Waals surface area contributed by atoms with Crippen molar-refractivity contribution < 1.29 is 0 Å². The predicted octanol–water partition coefficient (Wildman–Crippen LogP) is 3.44. The average molecular weight is 268 g/mol. The molecule has 0 bridgehead atoms. The fourth-order valence-corrected chi connectivity index (χ4v) is 2.46. The van der Waals surface area contributed by atoms with Crippen LogP contribution in [-0.2, 0) is 6.42 Å². The van der Waals surface area contributed by atoms with Crippen molar-refractivity contribution in [3.05, 3.63) is 33.8 Å². The SMILES string of the molecule is Cc1cc(CC2CCCCN2)ccc1Br. The molecule has 82 valence electrons. The van der Waals surface area contributed by atoms with Crippen molar-refractivity contribution >= 4 is 15.9 Å². The van der Waals surface area contributed by atoms with Crippen LogP contribution in [0.3, 0.4) is 0 Å². The molecule has 1 aliphatic heterocycles. The number of aryl methyl sites for hydroxylation is 1. The summed E-state index contributed by atoms with van der Waals surface area (Å²) in [4.78, 5) is 0. The monoisotopic (exact) mass is 267 g/mol. The smallest absolute Gasteiger partial charge is 0.0204 e. The fourth-order valence-electron chi connectivity index (χ4n) is 2.22. The van der Waals surface area contributed by atoms with E-state index in [0.29, 0.717) is 6.04 Å². The van der Waals surface area contributed by atoms with Gasteiger partial charge in [0.05, 0.1) is 0 Å². The van der Waals surface area contributed by atoms with Crippen LogP contribution in [0, 0.1) is 6.92 Å². The lowest BCUT2D eigenvalue weighted by Crippen LogP contribution is -2.35. The van der Waals surface area contributed by atoms with E-state index in [1.165, 1.54) is 47.8 Å². The highest BCUT2D eigenvalue weighted by atomic mass is 79.9. The largest absolute Gasteiger partial charge is 0.314 e. The molecule has 2 heteroatoms. The summed E-state index contributed by atoms with van der Waals surface area (Å²) in [7, 11) is 0. The lowest BCUT2D eigenvalue weighted by Gasteiger charge is -2.23. The molecule has 1 nitrogen and oxygen atoms in total. The van der Waals surface area contributed by atoms with E-state index >= 15 is 0 Å². The summed E-state index contributed by atoms with van der Waals surface area (Å²) >= 11 is 3.54. The number of nitrogens with one attached hydrogen (secondary N) is 1. The summed E-state index contributed by atoms with van der Waals surface area (Å²) in [6.07, 6.45) is 5.23. The Kier molecular flexibility index (Phi) is 3.81. The van der Waals surface area contributed by atoms with Crippen LogP contribution in [0.15, 0.2) is 22.7 Å². The van der Waals surface area contributed by atoms with E-state index in [0.717, 1.165) is 0 Å². The van der Waals surface area contributed by atoms with Gasteiger partial charge in [0.15, 0.2) is 0 Å². The number of hydrogen-bond donors (Lipinski definition) is 1. The lowest BCUT2D eigenvalue weighted by molar-refractivity contribution is 0.399. The molecule has 15 heavy (non-hydrogen) atoms. The van der Waals surface area contributed by atoms with Crippen LogP contribution in [0.5, 0.6) is 0 Å². The molecule has 0 radical (unpaired) electrons. The molecule has 2 rings (SSSR count). The summed E-state index contributed by atoms with van der Waals surface area (Å²) in [5.41, 5.74) is 2.79. The van der Waals surface area contributed by atoms with Crippen LogP contribution in [0.25, 0.3) is 0 Å². The van der Waals surface area contributed by atoms with Gasteiger partial charge in [-0.05, 0) is 49.9 Å². The van der Waals surface area contributed by atoms with Gasteiger partial charge in [-0.2, -0.15) is 0 Å².